The third kappa shape index (κ3) is 2.00. The zero-order valence-electron chi connectivity index (χ0n) is 8.87. The molecule has 2 rings (SSSR count). The van der Waals surface area contributed by atoms with E-state index in [0.717, 1.165) is 39.1 Å². The number of hydrogen-bond donors (Lipinski definition) is 0. The Morgan fingerprint density at radius 3 is 2.71 bits per heavy atom. The van der Waals surface area contributed by atoms with Gasteiger partial charge < -0.3 is 9.47 Å². The standard InChI is InChI=1S/C11H19NO2/c1-9-7-12(8-11(9)13-2)10-3-5-14-6-4-10/h10-11H,1,3-8H2,2H3. The van der Waals surface area contributed by atoms with Crippen molar-refractivity contribution in [2.45, 2.75) is 25.0 Å². The van der Waals surface area contributed by atoms with Crippen molar-refractivity contribution in [1.29, 1.82) is 0 Å². The molecule has 0 spiro atoms. The second-order valence-corrected chi connectivity index (χ2v) is 4.16. The first-order valence-corrected chi connectivity index (χ1v) is 5.33. The maximum absolute atomic E-state index is 5.37. The molecule has 2 heterocycles. The monoisotopic (exact) mass is 197 g/mol. The molecule has 0 radical (unpaired) electrons. The van der Waals surface area contributed by atoms with Crippen molar-refractivity contribution in [1.82, 2.24) is 4.90 Å². The van der Waals surface area contributed by atoms with Gasteiger partial charge in [-0.3, -0.25) is 4.90 Å². The third-order valence-electron chi connectivity index (χ3n) is 3.25. The van der Waals surface area contributed by atoms with Crippen LogP contribution in [0.15, 0.2) is 12.2 Å². The predicted octanol–water partition coefficient (Wildman–Crippen LogP) is 1.05. The van der Waals surface area contributed by atoms with E-state index in [2.05, 4.69) is 11.5 Å². The van der Waals surface area contributed by atoms with Gasteiger partial charge in [0.05, 0.1) is 6.10 Å². The van der Waals surface area contributed by atoms with Crippen LogP contribution in [0.25, 0.3) is 0 Å². The average molecular weight is 197 g/mol. The van der Waals surface area contributed by atoms with Gasteiger partial charge in [-0.15, -0.1) is 0 Å². The molecule has 0 aromatic heterocycles. The molecule has 0 aromatic rings. The molecule has 0 aromatic carbocycles. The molecule has 0 amide bonds. The van der Waals surface area contributed by atoms with Crippen molar-refractivity contribution in [2.24, 2.45) is 0 Å². The summed E-state index contributed by atoms with van der Waals surface area (Å²) in [6.07, 6.45) is 2.56. The molecule has 3 heteroatoms. The van der Waals surface area contributed by atoms with Crippen molar-refractivity contribution >= 4 is 0 Å². The van der Waals surface area contributed by atoms with Gasteiger partial charge in [0.15, 0.2) is 0 Å². The Bertz CT molecular complexity index is 211. The predicted molar refractivity (Wildman–Crippen MR) is 55.4 cm³/mol. The maximum atomic E-state index is 5.37. The van der Waals surface area contributed by atoms with E-state index in [1.54, 1.807) is 7.11 Å². The summed E-state index contributed by atoms with van der Waals surface area (Å²) in [5, 5.41) is 0. The molecule has 2 aliphatic rings. The second-order valence-electron chi connectivity index (χ2n) is 4.16. The van der Waals surface area contributed by atoms with Crippen LogP contribution >= 0.6 is 0 Å². The van der Waals surface area contributed by atoms with E-state index < -0.39 is 0 Å². The highest BCUT2D eigenvalue weighted by molar-refractivity contribution is 5.12. The van der Waals surface area contributed by atoms with Gasteiger partial charge in [0.25, 0.3) is 0 Å². The lowest BCUT2D eigenvalue weighted by Gasteiger charge is -2.30. The first kappa shape index (κ1) is 10.1. The molecule has 0 saturated carbocycles. The van der Waals surface area contributed by atoms with E-state index in [1.807, 2.05) is 0 Å². The van der Waals surface area contributed by atoms with Crippen LogP contribution < -0.4 is 0 Å². The van der Waals surface area contributed by atoms with Crippen molar-refractivity contribution in [2.75, 3.05) is 33.4 Å². The Morgan fingerprint density at radius 1 is 1.43 bits per heavy atom. The van der Waals surface area contributed by atoms with E-state index in [-0.39, 0.29) is 6.10 Å². The Balaban J connectivity index is 1.90. The van der Waals surface area contributed by atoms with Crippen LogP contribution in [0.1, 0.15) is 12.8 Å². The van der Waals surface area contributed by atoms with Gasteiger partial charge in [-0.05, 0) is 18.4 Å². The fourth-order valence-electron chi connectivity index (χ4n) is 2.34. The molecule has 1 atom stereocenters. The summed E-state index contributed by atoms with van der Waals surface area (Å²) in [6, 6.07) is 0.681. The molecule has 2 fully saturated rings. The molecule has 3 nitrogen and oxygen atoms in total. The smallest absolute Gasteiger partial charge is 0.0918 e. The van der Waals surface area contributed by atoms with Gasteiger partial charge in [0, 0.05) is 39.5 Å². The van der Waals surface area contributed by atoms with Crippen LogP contribution in [0, 0.1) is 0 Å². The zero-order valence-corrected chi connectivity index (χ0v) is 8.87. The second kappa shape index (κ2) is 4.43. The SMILES string of the molecule is C=C1CN(C2CCOCC2)CC1OC. The van der Waals surface area contributed by atoms with Crippen LogP contribution in [0.3, 0.4) is 0 Å². The van der Waals surface area contributed by atoms with Crippen molar-refractivity contribution in [3.05, 3.63) is 12.2 Å². The Kier molecular flexibility index (Phi) is 3.21. The number of nitrogens with zero attached hydrogens (tertiary/aromatic N) is 1. The number of methoxy groups -OCH3 is 1. The highest BCUT2D eigenvalue weighted by atomic mass is 16.5. The van der Waals surface area contributed by atoms with E-state index in [4.69, 9.17) is 9.47 Å². The van der Waals surface area contributed by atoms with Crippen LogP contribution in [-0.4, -0.2) is 50.5 Å². The highest BCUT2D eigenvalue weighted by Gasteiger charge is 2.31. The molecular formula is C11H19NO2. The van der Waals surface area contributed by atoms with Crippen LogP contribution in [0.4, 0.5) is 0 Å². The Morgan fingerprint density at radius 2 is 2.14 bits per heavy atom. The molecule has 2 aliphatic heterocycles. The Labute approximate surface area is 85.7 Å². The minimum Gasteiger partial charge on any atom is -0.381 e. The molecule has 2 saturated heterocycles. The number of hydrogen-bond acceptors (Lipinski definition) is 3. The lowest BCUT2D eigenvalue weighted by molar-refractivity contribution is 0.0341. The van der Waals surface area contributed by atoms with Crippen LogP contribution in [0.2, 0.25) is 0 Å². The molecule has 0 aliphatic carbocycles. The molecule has 0 bridgehead atoms. The number of ether oxygens (including phenoxy) is 2. The van der Waals surface area contributed by atoms with E-state index in [1.165, 1.54) is 5.57 Å². The third-order valence-corrected chi connectivity index (χ3v) is 3.25. The van der Waals surface area contributed by atoms with Crippen molar-refractivity contribution in [3.63, 3.8) is 0 Å². The number of rotatable bonds is 2. The Hall–Kier alpha value is -0.380. The summed E-state index contributed by atoms with van der Waals surface area (Å²) in [6.45, 7) is 7.89. The average Bonchev–Trinajstić information content (AvgIpc) is 2.61. The van der Waals surface area contributed by atoms with Gasteiger partial charge >= 0.3 is 0 Å². The summed E-state index contributed by atoms with van der Waals surface area (Å²) < 4.78 is 10.7. The lowest BCUT2D eigenvalue weighted by Crippen LogP contribution is -2.38. The van der Waals surface area contributed by atoms with Gasteiger partial charge in [-0.2, -0.15) is 0 Å². The van der Waals surface area contributed by atoms with Crippen molar-refractivity contribution < 1.29 is 9.47 Å². The summed E-state index contributed by atoms with van der Waals surface area (Å²) in [7, 11) is 1.77. The lowest BCUT2D eigenvalue weighted by atomic mass is 10.1. The molecule has 80 valence electrons. The maximum Gasteiger partial charge on any atom is 0.0918 e. The topological polar surface area (TPSA) is 21.7 Å². The van der Waals surface area contributed by atoms with Crippen molar-refractivity contribution in [3.8, 4) is 0 Å². The largest absolute Gasteiger partial charge is 0.381 e. The normalized spacial score (nSPS) is 31.2. The minimum absolute atomic E-state index is 0.248. The quantitative estimate of drug-likeness (QED) is 0.618. The van der Waals surface area contributed by atoms with Gasteiger partial charge in [-0.25, -0.2) is 0 Å². The van der Waals surface area contributed by atoms with E-state index in [0.29, 0.717) is 6.04 Å². The van der Waals surface area contributed by atoms with Crippen LogP contribution in [-0.2, 0) is 9.47 Å². The first-order chi connectivity index (χ1) is 6.81. The zero-order chi connectivity index (χ0) is 9.97. The van der Waals surface area contributed by atoms with Crippen LogP contribution in [0.5, 0.6) is 0 Å². The first-order valence-electron chi connectivity index (χ1n) is 5.33. The summed E-state index contributed by atoms with van der Waals surface area (Å²) in [5.41, 5.74) is 1.22. The van der Waals surface area contributed by atoms with E-state index in [9.17, 15) is 0 Å². The van der Waals surface area contributed by atoms with Gasteiger partial charge in [-0.1, -0.05) is 6.58 Å². The van der Waals surface area contributed by atoms with Gasteiger partial charge in [0.2, 0.25) is 0 Å². The molecule has 14 heavy (non-hydrogen) atoms. The molecule has 0 N–H and O–H groups in total. The fraction of sp³-hybridized carbons (Fsp3) is 0.818. The number of likely N-dealkylation sites (tertiary alicyclic amines) is 1. The van der Waals surface area contributed by atoms with Gasteiger partial charge in [0.1, 0.15) is 0 Å². The van der Waals surface area contributed by atoms with E-state index >= 15 is 0 Å². The molecular weight excluding hydrogens is 178 g/mol. The summed E-state index contributed by atoms with van der Waals surface area (Å²) in [5.74, 6) is 0. The summed E-state index contributed by atoms with van der Waals surface area (Å²) >= 11 is 0. The highest BCUT2D eigenvalue weighted by Crippen LogP contribution is 2.23. The summed E-state index contributed by atoms with van der Waals surface area (Å²) in [4.78, 5) is 2.49. The molecule has 1 unspecified atom stereocenters. The fourth-order valence-corrected chi connectivity index (χ4v) is 2.34. The minimum atomic E-state index is 0.248.